The van der Waals surface area contributed by atoms with Crippen molar-refractivity contribution in [2.75, 3.05) is 0 Å². The van der Waals surface area contributed by atoms with Crippen LogP contribution in [-0.2, 0) is 18.3 Å². The molecule has 0 unspecified atom stereocenters. The normalized spacial score (nSPS) is 15.0. The average Bonchev–Trinajstić information content (AvgIpc) is 2.47. The Kier molecular flexibility index (Phi) is 3.52. The van der Waals surface area contributed by atoms with E-state index in [0.717, 1.165) is 24.3 Å². The minimum Gasteiger partial charge on any atom is -0.457 e. The first kappa shape index (κ1) is 14.2. The van der Waals surface area contributed by atoms with Crippen LogP contribution in [0.5, 0.6) is 11.5 Å². The van der Waals surface area contributed by atoms with E-state index in [2.05, 4.69) is 64.1 Å². The molecule has 0 amide bonds. The summed E-state index contributed by atoms with van der Waals surface area (Å²) in [7, 11) is 0. The van der Waals surface area contributed by atoms with E-state index in [1.54, 1.807) is 0 Å². The second-order valence-electron chi connectivity index (χ2n) is 6.49. The third kappa shape index (κ3) is 2.35. The van der Waals surface area contributed by atoms with Crippen molar-refractivity contribution >= 4 is 0 Å². The Morgan fingerprint density at radius 3 is 2.33 bits per heavy atom. The summed E-state index contributed by atoms with van der Waals surface area (Å²) in [4.78, 5) is 0. The molecule has 0 saturated heterocycles. The number of rotatable bonds is 3. The van der Waals surface area contributed by atoms with Gasteiger partial charge in [0.2, 0.25) is 0 Å². The van der Waals surface area contributed by atoms with Crippen molar-refractivity contribution in [2.24, 2.45) is 0 Å². The average molecular weight is 280 g/mol. The van der Waals surface area contributed by atoms with Crippen molar-refractivity contribution in [2.45, 2.75) is 52.4 Å². The standard InChI is InChI=1S/C20H24O/c1-5-7-15-8-10-16-19(13-15)21-18-11-9-14(6-2)12-17(18)20(16,3)4/h8-13H,5-7H2,1-4H3. The zero-order chi connectivity index (χ0) is 15.0. The van der Waals surface area contributed by atoms with Crippen molar-refractivity contribution in [3.63, 3.8) is 0 Å². The monoisotopic (exact) mass is 280 g/mol. The molecule has 1 nitrogen and oxygen atoms in total. The van der Waals surface area contributed by atoms with E-state index < -0.39 is 0 Å². The smallest absolute Gasteiger partial charge is 0.131 e. The van der Waals surface area contributed by atoms with Gasteiger partial charge in [-0.15, -0.1) is 0 Å². The van der Waals surface area contributed by atoms with Gasteiger partial charge in [-0.1, -0.05) is 58.4 Å². The van der Waals surface area contributed by atoms with E-state index in [4.69, 9.17) is 4.74 Å². The molecule has 0 aliphatic carbocycles. The highest BCUT2D eigenvalue weighted by Crippen LogP contribution is 2.48. The molecule has 110 valence electrons. The molecule has 0 bridgehead atoms. The van der Waals surface area contributed by atoms with E-state index >= 15 is 0 Å². The molecular weight excluding hydrogens is 256 g/mol. The van der Waals surface area contributed by atoms with E-state index in [1.807, 2.05) is 0 Å². The third-order valence-corrected chi connectivity index (χ3v) is 4.60. The van der Waals surface area contributed by atoms with E-state index in [9.17, 15) is 0 Å². The van der Waals surface area contributed by atoms with Crippen LogP contribution in [0.1, 0.15) is 56.4 Å². The highest BCUT2D eigenvalue weighted by atomic mass is 16.5. The lowest BCUT2D eigenvalue weighted by molar-refractivity contribution is 0.417. The van der Waals surface area contributed by atoms with Crippen LogP contribution in [0.15, 0.2) is 36.4 Å². The molecule has 0 aromatic heterocycles. The summed E-state index contributed by atoms with van der Waals surface area (Å²) < 4.78 is 6.20. The van der Waals surface area contributed by atoms with Crippen molar-refractivity contribution in [3.05, 3.63) is 58.7 Å². The lowest BCUT2D eigenvalue weighted by atomic mass is 9.75. The summed E-state index contributed by atoms with van der Waals surface area (Å²) in [5, 5.41) is 0. The first-order valence-corrected chi connectivity index (χ1v) is 8.01. The number of aryl methyl sites for hydroxylation is 2. The predicted molar refractivity (Wildman–Crippen MR) is 88.5 cm³/mol. The Bertz CT molecular complexity index is 668. The van der Waals surface area contributed by atoms with Crippen molar-refractivity contribution < 1.29 is 4.74 Å². The summed E-state index contributed by atoms with van der Waals surface area (Å²) in [6.45, 7) is 9.01. The lowest BCUT2D eigenvalue weighted by Crippen LogP contribution is -2.24. The van der Waals surface area contributed by atoms with Gasteiger partial charge in [0.1, 0.15) is 11.5 Å². The van der Waals surface area contributed by atoms with Gasteiger partial charge in [0.05, 0.1) is 0 Å². The van der Waals surface area contributed by atoms with E-state index in [1.165, 1.54) is 28.7 Å². The summed E-state index contributed by atoms with van der Waals surface area (Å²) in [6.07, 6.45) is 3.34. The molecule has 0 saturated carbocycles. The van der Waals surface area contributed by atoms with Crippen LogP contribution in [-0.4, -0.2) is 0 Å². The molecular formula is C20H24O. The van der Waals surface area contributed by atoms with Gasteiger partial charge >= 0.3 is 0 Å². The van der Waals surface area contributed by atoms with Gasteiger partial charge in [0, 0.05) is 16.5 Å². The van der Waals surface area contributed by atoms with Gasteiger partial charge in [-0.2, -0.15) is 0 Å². The molecule has 21 heavy (non-hydrogen) atoms. The van der Waals surface area contributed by atoms with Crippen LogP contribution in [0.4, 0.5) is 0 Å². The Labute approximate surface area is 128 Å². The summed E-state index contributed by atoms with van der Waals surface area (Å²) in [5.41, 5.74) is 5.33. The molecule has 1 heterocycles. The van der Waals surface area contributed by atoms with Crippen molar-refractivity contribution in [1.82, 2.24) is 0 Å². The van der Waals surface area contributed by atoms with Gasteiger partial charge in [-0.05, 0) is 36.1 Å². The maximum Gasteiger partial charge on any atom is 0.131 e. The highest BCUT2D eigenvalue weighted by molar-refractivity contribution is 5.58. The lowest BCUT2D eigenvalue weighted by Gasteiger charge is -2.35. The molecule has 0 atom stereocenters. The quantitative estimate of drug-likeness (QED) is 0.707. The SMILES string of the molecule is CCCc1ccc2c(c1)Oc1ccc(CC)cc1C2(C)C. The van der Waals surface area contributed by atoms with Gasteiger partial charge < -0.3 is 4.74 Å². The van der Waals surface area contributed by atoms with Gasteiger partial charge in [-0.25, -0.2) is 0 Å². The minimum absolute atomic E-state index is 0.00115. The maximum absolute atomic E-state index is 6.20. The van der Waals surface area contributed by atoms with Crippen molar-refractivity contribution in [1.29, 1.82) is 0 Å². The minimum atomic E-state index is -0.00115. The van der Waals surface area contributed by atoms with Crippen molar-refractivity contribution in [3.8, 4) is 11.5 Å². The largest absolute Gasteiger partial charge is 0.457 e. The maximum atomic E-state index is 6.20. The van der Waals surface area contributed by atoms with Gasteiger partial charge in [0.25, 0.3) is 0 Å². The second-order valence-corrected chi connectivity index (χ2v) is 6.49. The molecule has 1 aliphatic heterocycles. The highest BCUT2D eigenvalue weighted by Gasteiger charge is 2.34. The predicted octanol–water partition coefficient (Wildman–Crippen LogP) is 5.63. The Balaban J connectivity index is 2.11. The first-order valence-electron chi connectivity index (χ1n) is 8.01. The van der Waals surface area contributed by atoms with Crippen LogP contribution in [0.25, 0.3) is 0 Å². The fraction of sp³-hybridized carbons (Fsp3) is 0.400. The summed E-state index contributed by atoms with van der Waals surface area (Å²) in [6, 6.07) is 13.3. The second kappa shape index (κ2) is 5.22. The Hall–Kier alpha value is -1.76. The molecule has 0 N–H and O–H groups in total. The van der Waals surface area contributed by atoms with Crippen LogP contribution in [0.3, 0.4) is 0 Å². The number of fused-ring (bicyclic) bond motifs is 2. The first-order chi connectivity index (χ1) is 10.1. The molecule has 2 aromatic carbocycles. The van der Waals surface area contributed by atoms with Gasteiger partial charge in [-0.3, -0.25) is 0 Å². The molecule has 2 aromatic rings. The summed E-state index contributed by atoms with van der Waals surface area (Å²) in [5.74, 6) is 2.04. The van der Waals surface area contributed by atoms with Crippen LogP contribution in [0, 0.1) is 0 Å². The Morgan fingerprint density at radius 2 is 1.62 bits per heavy atom. The molecule has 1 aliphatic rings. The fourth-order valence-corrected chi connectivity index (χ4v) is 3.25. The number of ether oxygens (including phenoxy) is 1. The molecule has 3 rings (SSSR count). The number of hydrogen-bond acceptors (Lipinski definition) is 1. The topological polar surface area (TPSA) is 9.23 Å². The number of hydrogen-bond donors (Lipinski definition) is 0. The Morgan fingerprint density at radius 1 is 0.857 bits per heavy atom. The van der Waals surface area contributed by atoms with Crippen LogP contribution >= 0.6 is 0 Å². The molecule has 0 spiro atoms. The fourth-order valence-electron chi connectivity index (χ4n) is 3.25. The van der Waals surface area contributed by atoms with E-state index in [0.29, 0.717) is 0 Å². The molecule has 1 heteroatoms. The molecule has 0 fully saturated rings. The van der Waals surface area contributed by atoms with Crippen LogP contribution in [0.2, 0.25) is 0 Å². The summed E-state index contributed by atoms with van der Waals surface area (Å²) >= 11 is 0. The zero-order valence-corrected chi connectivity index (χ0v) is 13.5. The zero-order valence-electron chi connectivity index (χ0n) is 13.5. The van der Waals surface area contributed by atoms with Crippen LogP contribution < -0.4 is 4.74 Å². The van der Waals surface area contributed by atoms with E-state index in [-0.39, 0.29) is 5.41 Å². The third-order valence-electron chi connectivity index (χ3n) is 4.60. The molecule has 0 radical (unpaired) electrons. The van der Waals surface area contributed by atoms with Gasteiger partial charge in [0.15, 0.2) is 0 Å². The number of benzene rings is 2.